The number of hydrogen-bond acceptors (Lipinski definition) is 2. The number of nitrogens with two attached hydrogens (primary N) is 1. The van der Waals surface area contributed by atoms with Crippen LogP contribution in [0.1, 0.15) is 24.8 Å². The smallest absolute Gasteiger partial charge is 0.123 e. The molecule has 1 aromatic rings. The van der Waals surface area contributed by atoms with Gasteiger partial charge in [0.2, 0.25) is 0 Å². The van der Waals surface area contributed by atoms with Gasteiger partial charge in [-0.15, -0.1) is 0 Å². The van der Waals surface area contributed by atoms with Crippen molar-refractivity contribution in [3.8, 4) is 0 Å². The molecule has 0 spiro atoms. The fourth-order valence-electron chi connectivity index (χ4n) is 1.65. The molecule has 0 saturated heterocycles. The summed E-state index contributed by atoms with van der Waals surface area (Å²) in [4.78, 5) is 3.97. The highest BCUT2D eigenvalue weighted by atomic mass is 14.8. The van der Waals surface area contributed by atoms with Crippen molar-refractivity contribution < 1.29 is 0 Å². The molecule has 12 heavy (non-hydrogen) atoms. The SMILES string of the molecule is Nc1cc(CC2CCC2)ccn1. The summed E-state index contributed by atoms with van der Waals surface area (Å²) in [5.41, 5.74) is 6.92. The van der Waals surface area contributed by atoms with Crippen LogP contribution >= 0.6 is 0 Å². The van der Waals surface area contributed by atoms with E-state index in [-0.39, 0.29) is 0 Å². The molecule has 0 unspecified atom stereocenters. The van der Waals surface area contributed by atoms with E-state index in [9.17, 15) is 0 Å². The van der Waals surface area contributed by atoms with Gasteiger partial charge in [0.25, 0.3) is 0 Å². The first-order chi connectivity index (χ1) is 5.84. The zero-order valence-corrected chi connectivity index (χ0v) is 7.16. The Labute approximate surface area is 72.8 Å². The van der Waals surface area contributed by atoms with Gasteiger partial charge in [-0.25, -0.2) is 4.98 Å². The van der Waals surface area contributed by atoms with E-state index in [1.54, 1.807) is 6.20 Å². The molecule has 1 aliphatic rings. The number of nitrogens with zero attached hydrogens (tertiary/aromatic N) is 1. The van der Waals surface area contributed by atoms with Gasteiger partial charge in [-0.05, 0) is 30.0 Å². The third kappa shape index (κ3) is 1.58. The van der Waals surface area contributed by atoms with E-state index in [1.165, 1.54) is 31.2 Å². The molecule has 1 saturated carbocycles. The zero-order valence-electron chi connectivity index (χ0n) is 7.16. The van der Waals surface area contributed by atoms with Crippen molar-refractivity contribution in [3.05, 3.63) is 23.9 Å². The summed E-state index contributed by atoms with van der Waals surface area (Å²) >= 11 is 0. The maximum Gasteiger partial charge on any atom is 0.123 e. The highest BCUT2D eigenvalue weighted by Gasteiger charge is 2.17. The quantitative estimate of drug-likeness (QED) is 0.722. The molecule has 0 atom stereocenters. The van der Waals surface area contributed by atoms with E-state index in [2.05, 4.69) is 11.1 Å². The van der Waals surface area contributed by atoms with Crippen molar-refractivity contribution in [1.29, 1.82) is 0 Å². The highest BCUT2D eigenvalue weighted by molar-refractivity contribution is 5.32. The minimum Gasteiger partial charge on any atom is -0.384 e. The topological polar surface area (TPSA) is 38.9 Å². The van der Waals surface area contributed by atoms with Crippen molar-refractivity contribution in [2.24, 2.45) is 5.92 Å². The van der Waals surface area contributed by atoms with Gasteiger partial charge in [0, 0.05) is 6.20 Å². The van der Waals surface area contributed by atoms with Crippen LogP contribution in [-0.4, -0.2) is 4.98 Å². The van der Waals surface area contributed by atoms with E-state index in [1.807, 2.05) is 6.07 Å². The minimum absolute atomic E-state index is 0.645. The average molecular weight is 162 g/mol. The Balaban J connectivity index is 2.02. The van der Waals surface area contributed by atoms with Crippen molar-refractivity contribution in [3.63, 3.8) is 0 Å². The van der Waals surface area contributed by atoms with E-state index >= 15 is 0 Å². The first-order valence-electron chi connectivity index (χ1n) is 4.55. The van der Waals surface area contributed by atoms with E-state index < -0.39 is 0 Å². The molecule has 64 valence electrons. The van der Waals surface area contributed by atoms with Gasteiger partial charge in [-0.3, -0.25) is 0 Å². The van der Waals surface area contributed by atoms with Gasteiger partial charge in [0.1, 0.15) is 5.82 Å². The monoisotopic (exact) mass is 162 g/mol. The molecule has 0 aromatic carbocycles. The maximum absolute atomic E-state index is 5.58. The Kier molecular flexibility index (Phi) is 1.98. The molecule has 2 nitrogen and oxygen atoms in total. The molecule has 0 amide bonds. The van der Waals surface area contributed by atoms with Crippen LogP contribution in [0.4, 0.5) is 5.82 Å². The molecule has 1 aromatic heterocycles. The number of hydrogen-bond donors (Lipinski definition) is 1. The number of nitrogen functional groups attached to an aromatic ring is 1. The fourth-order valence-corrected chi connectivity index (χ4v) is 1.65. The molecular weight excluding hydrogens is 148 g/mol. The number of aromatic nitrogens is 1. The Morgan fingerprint density at radius 3 is 2.92 bits per heavy atom. The van der Waals surface area contributed by atoms with Crippen molar-refractivity contribution >= 4 is 5.82 Å². The molecule has 1 fully saturated rings. The summed E-state index contributed by atoms with van der Waals surface area (Å²) in [6.45, 7) is 0. The third-order valence-corrected chi connectivity index (χ3v) is 2.59. The van der Waals surface area contributed by atoms with E-state index in [0.717, 1.165) is 5.92 Å². The van der Waals surface area contributed by atoms with Gasteiger partial charge in [0.15, 0.2) is 0 Å². The van der Waals surface area contributed by atoms with Crippen LogP contribution in [0, 0.1) is 5.92 Å². The summed E-state index contributed by atoms with van der Waals surface area (Å²) in [6.07, 6.45) is 7.17. The van der Waals surface area contributed by atoms with Crippen LogP contribution in [0.15, 0.2) is 18.3 Å². The molecule has 1 aliphatic carbocycles. The molecule has 0 bridgehead atoms. The van der Waals surface area contributed by atoms with Crippen LogP contribution < -0.4 is 5.73 Å². The Morgan fingerprint density at radius 1 is 1.50 bits per heavy atom. The Hall–Kier alpha value is -1.05. The Bertz CT molecular complexity index is 266. The standard InChI is InChI=1S/C10H14N2/c11-10-7-9(4-5-12-10)6-8-2-1-3-8/h4-5,7-8H,1-3,6H2,(H2,11,12). The minimum atomic E-state index is 0.645. The highest BCUT2D eigenvalue weighted by Crippen LogP contribution is 2.29. The number of rotatable bonds is 2. The Morgan fingerprint density at radius 2 is 2.33 bits per heavy atom. The summed E-state index contributed by atoms with van der Waals surface area (Å²) < 4.78 is 0. The van der Waals surface area contributed by atoms with Crippen LogP contribution in [0.2, 0.25) is 0 Å². The fraction of sp³-hybridized carbons (Fsp3) is 0.500. The van der Waals surface area contributed by atoms with Crippen molar-refractivity contribution in [1.82, 2.24) is 4.98 Å². The first-order valence-corrected chi connectivity index (χ1v) is 4.55. The van der Waals surface area contributed by atoms with Gasteiger partial charge < -0.3 is 5.73 Å². The number of anilines is 1. The zero-order chi connectivity index (χ0) is 8.39. The lowest BCUT2D eigenvalue weighted by atomic mass is 9.81. The third-order valence-electron chi connectivity index (χ3n) is 2.59. The molecule has 0 radical (unpaired) electrons. The van der Waals surface area contributed by atoms with Crippen molar-refractivity contribution in [2.75, 3.05) is 5.73 Å². The summed E-state index contributed by atoms with van der Waals surface area (Å²) in [5.74, 6) is 1.55. The lowest BCUT2D eigenvalue weighted by Gasteiger charge is -2.25. The van der Waals surface area contributed by atoms with Crippen molar-refractivity contribution in [2.45, 2.75) is 25.7 Å². The van der Waals surface area contributed by atoms with Gasteiger partial charge in [0.05, 0.1) is 0 Å². The predicted molar refractivity (Wildman–Crippen MR) is 49.7 cm³/mol. The van der Waals surface area contributed by atoms with E-state index in [0.29, 0.717) is 5.82 Å². The second-order valence-corrected chi connectivity index (χ2v) is 3.59. The molecule has 2 heteroatoms. The van der Waals surface area contributed by atoms with Gasteiger partial charge in [-0.2, -0.15) is 0 Å². The van der Waals surface area contributed by atoms with E-state index in [4.69, 9.17) is 5.73 Å². The molecule has 0 aliphatic heterocycles. The summed E-state index contributed by atoms with van der Waals surface area (Å²) in [5, 5.41) is 0. The summed E-state index contributed by atoms with van der Waals surface area (Å²) in [6, 6.07) is 4.05. The normalized spacial score (nSPS) is 17.3. The molecule has 2 rings (SSSR count). The lowest BCUT2D eigenvalue weighted by molar-refractivity contribution is 0.314. The van der Waals surface area contributed by atoms with Gasteiger partial charge >= 0.3 is 0 Å². The second-order valence-electron chi connectivity index (χ2n) is 3.59. The predicted octanol–water partition coefficient (Wildman–Crippen LogP) is 2.01. The lowest BCUT2D eigenvalue weighted by Crippen LogP contribution is -2.13. The average Bonchev–Trinajstić information content (AvgIpc) is 1.97. The van der Waals surface area contributed by atoms with Crippen LogP contribution in [-0.2, 0) is 6.42 Å². The van der Waals surface area contributed by atoms with Gasteiger partial charge in [-0.1, -0.05) is 19.3 Å². The summed E-state index contributed by atoms with van der Waals surface area (Å²) in [7, 11) is 0. The number of pyridine rings is 1. The van der Waals surface area contributed by atoms with Crippen LogP contribution in [0.25, 0.3) is 0 Å². The van der Waals surface area contributed by atoms with Crippen LogP contribution in [0.5, 0.6) is 0 Å². The maximum atomic E-state index is 5.58. The largest absolute Gasteiger partial charge is 0.384 e. The second kappa shape index (κ2) is 3.13. The molecule has 1 heterocycles. The first kappa shape index (κ1) is 7.59. The van der Waals surface area contributed by atoms with Crippen LogP contribution in [0.3, 0.4) is 0 Å². The molecule has 2 N–H and O–H groups in total. The molecular formula is C10H14N2.